The number of benzene rings is 1. The Morgan fingerprint density at radius 1 is 1.32 bits per heavy atom. The maximum atomic E-state index is 10.4. The molecule has 132 valence electrons. The predicted molar refractivity (Wildman–Crippen MR) is 95.8 cm³/mol. The van der Waals surface area contributed by atoms with Crippen LogP contribution in [-0.4, -0.2) is 50.5 Å². The summed E-state index contributed by atoms with van der Waals surface area (Å²) in [5.41, 5.74) is 1.41. The number of aromatic nitrogens is 3. The average Bonchev–Trinajstić information content (AvgIpc) is 2.97. The topological polar surface area (TPSA) is 78.0 Å². The van der Waals surface area contributed by atoms with Crippen LogP contribution in [0.2, 0.25) is 0 Å². The molecule has 0 aliphatic carbocycles. The summed E-state index contributed by atoms with van der Waals surface area (Å²) < 4.78 is 1.76. The van der Waals surface area contributed by atoms with Crippen molar-refractivity contribution >= 4 is 0 Å². The minimum Gasteiger partial charge on any atom is -0.390 e. The van der Waals surface area contributed by atoms with E-state index >= 15 is 0 Å². The number of β-amino-alcohol motifs (C(OH)–C–C–N with tert-alkyl or cyclic N) is 1. The molecule has 0 bridgehead atoms. The van der Waals surface area contributed by atoms with Gasteiger partial charge in [-0.25, -0.2) is 9.67 Å². The first-order chi connectivity index (χ1) is 12.0. The third-order valence-electron chi connectivity index (χ3n) is 4.84. The molecule has 1 N–H and O–H groups in total. The van der Waals surface area contributed by atoms with E-state index in [9.17, 15) is 5.11 Å². The Bertz CT molecular complexity index is 755. The number of piperidine rings is 1. The van der Waals surface area contributed by atoms with Gasteiger partial charge in [-0.05, 0) is 50.9 Å². The van der Waals surface area contributed by atoms with Crippen LogP contribution in [0.3, 0.4) is 0 Å². The van der Waals surface area contributed by atoms with Gasteiger partial charge in [-0.3, -0.25) is 0 Å². The summed E-state index contributed by atoms with van der Waals surface area (Å²) in [5, 5.41) is 24.0. The van der Waals surface area contributed by atoms with Crippen LogP contribution in [-0.2, 0) is 6.54 Å². The van der Waals surface area contributed by atoms with Crippen molar-refractivity contribution in [1.82, 2.24) is 19.7 Å². The fraction of sp³-hybridized carbons (Fsp3) is 0.526. The fourth-order valence-corrected chi connectivity index (χ4v) is 3.24. The molecule has 1 aliphatic heterocycles. The third kappa shape index (κ3) is 4.44. The molecular formula is C19H25N5O. The second-order valence-corrected chi connectivity index (χ2v) is 6.99. The minimum atomic E-state index is -0.466. The number of hydrogen-bond acceptors (Lipinski definition) is 5. The van der Waals surface area contributed by atoms with Crippen molar-refractivity contribution in [3.8, 4) is 17.5 Å². The lowest BCUT2D eigenvalue weighted by Gasteiger charge is -2.31. The summed E-state index contributed by atoms with van der Waals surface area (Å²) in [7, 11) is 0. The molecule has 1 aromatic carbocycles. The van der Waals surface area contributed by atoms with Crippen molar-refractivity contribution in [2.75, 3.05) is 19.6 Å². The van der Waals surface area contributed by atoms with Crippen LogP contribution in [0.4, 0.5) is 0 Å². The van der Waals surface area contributed by atoms with Gasteiger partial charge in [0.05, 0.1) is 24.3 Å². The summed E-state index contributed by atoms with van der Waals surface area (Å²) in [6, 6.07) is 9.40. The lowest BCUT2D eigenvalue weighted by atomic mass is 9.99. The number of aryl methyl sites for hydroxylation is 1. The van der Waals surface area contributed by atoms with Gasteiger partial charge in [0.2, 0.25) is 0 Å². The second-order valence-electron chi connectivity index (χ2n) is 6.99. The Balaban J connectivity index is 1.65. The Morgan fingerprint density at radius 2 is 2.08 bits per heavy atom. The molecule has 1 fully saturated rings. The predicted octanol–water partition coefficient (Wildman–Crippen LogP) is 2.22. The van der Waals surface area contributed by atoms with Crippen LogP contribution in [0, 0.1) is 24.2 Å². The van der Waals surface area contributed by atoms with Crippen molar-refractivity contribution in [3.05, 3.63) is 35.7 Å². The van der Waals surface area contributed by atoms with Gasteiger partial charge >= 0.3 is 0 Å². The molecule has 1 aliphatic rings. The monoisotopic (exact) mass is 339 g/mol. The van der Waals surface area contributed by atoms with E-state index in [1.54, 1.807) is 16.8 Å². The first-order valence-electron chi connectivity index (χ1n) is 8.87. The highest BCUT2D eigenvalue weighted by molar-refractivity contribution is 5.57. The normalized spacial score (nSPS) is 17.4. The number of nitrogens with zero attached hydrogens (tertiary/aromatic N) is 5. The van der Waals surface area contributed by atoms with E-state index in [4.69, 9.17) is 5.26 Å². The van der Waals surface area contributed by atoms with Crippen LogP contribution in [0.5, 0.6) is 0 Å². The lowest BCUT2D eigenvalue weighted by Crippen LogP contribution is -2.39. The Labute approximate surface area is 148 Å². The van der Waals surface area contributed by atoms with Gasteiger partial charge in [0.25, 0.3) is 0 Å². The van der Waals surface area contributed by atoms with Crippen LogP contribution in [0.25, 0.3) is 11.4 Å². The molecule has 0 saturated carbocycles. The number of likely N-dealkylation sites (tertiary alicyclic amines) is 1. The molecule has 25 heavy (non-hydrogen) atoms. The van der Waals surface area contributed by atoms with Crippen molar-refractivity contribution in [1.29, 1.82) is 5.26 Å². The van der Waals surface area contributed by atoms with Gasteiger partial charge in [-0.2, -0.15) is 10.4 Å². The summed E-state index contributed by atoms with van der Waals surface area (Å²) in [6.07, 6.45) is 1.94. The standard InChI is InChI=1S/C19H25N5O/c1-14-6-8-23(9-7-14)12-18(25)13-24-15(2)21-19(22-24)17-5-3-4-16(10-17)11-20/h3-5,10,14,18,25H,6-9,12-13H2,1-2H3/t18-/m0/s1. The molecule has 2 heterocycles. The van der Waals surface area contributed by atoms with E-state index in [1.807, 2.05) is 19.1 Å². The van der Waals surface area contributed by atoms with Gasteiger partial charge < -0.3 is 10.0 Å². The molecular weight excluding hydrogens is 314 g/mol. The second kappa shape index (κ2) is 7.77. The molecule has 6 heteroatoms. The quantitative estimate of drug-likeness (QED) is 0.904. The fourth-order valence-electron chi connectivity index (χ4n) is 3.24. The zero-order valence-electron chi connectivity index (χ0n) is 14.9. The van der Waals surface area contributed by atoms with E-state index in [2.05, 4.69) is 28.0 Å². The summed E-state index contributed by atoms with van der Waals surface area (Å²) >= 11 is 0. The zero-order valence-corrected chi connectivity index (χ0v) is 14.9. The van der Waals surface area contributed by atoms with Crippen LogP contribution < -0.4 is 0 Å². The largest absolute Gasteiger partial charge is 0.390 e. The van der Waals surface area contributed by atoms with E-state index in [0.29, 0.717) is 24.5 Å². The number of hydrogen-bond donors (Lipinski definition) is 1. The maximum absolute atomic E-state index is 10.4. The summed E-state index contributed by atoms with van der Waals surface area (Å²) in [4.78, 5) is 6.81. The number of aliphatic hydroxyl groups excluding tert-OH is 1. The van der Waals surface area contributed by atoms with Gasteiger partial charge in [0.1, 0.15) is 5.82 Å². The SMILES string of the molecule is Cc1nc(-c2cccc(C#N)c2)nn1C[C@@H](O)CN1CCC(C)CC1. The van der Waals surface area contributed by atoms with Crippen LogP contribution >= 0.6 is 0 Å². The third-order valence-corrected chi connectivity index (χ3v) is 4.84. The summed E-state index contributed by atoms with van der Waals surface area (Å²) in [6.45, 7) is 7.39. The minimum absolute atomic E-state index is 0.433. The molecule has 0 radical (unpaired) electrons. The lowest BCUT2D eigenvalue weighted by molar-refractivity contribution is 0.0772. The van der Waals surface area contributed by atoms with Crippen molar-refractivity contribution in [2.45, 2.75) is 39.3 Å². The Morgan fingerprint density at radius 3 is 2.80 bits per heavy atom. The van der Waals surface area contributed by atoms with Crippen molar-refractivity contribution in [3.63, 3.8) is 0 Å². The first-order valence-corrected chi connectivity index (χ1v) is 8.87. The smallest absolute Gasteiger partial charge is 0.181 e. The van der Waals surface area contributed by atoms with Crippen LogP contribution in [0.15, 0.2) is 24.3 Å². The molecule has 0 amide bonds. The van der Waals surface area contributed by atoms with Crippen molar-refractivity contribution < 1.29 is 5.11 Å². The molecule has 3 rings (SSSR count). The molecule has 1 saturated heterocycles. The summed E-state index contributed by atoms with van der Waals surface area (Å²) in [5.74, 6) is 2.15. The number of rotatable bonds is 5. The average molecular weight is 339 g/mol. The Kier molecular flexibility index (Phi) is 5.47. The van der Waals surface area contributed by atoms with Gasteiger partial charge in [0.15, 0.2) is 5.82 Å². The Hall–Kier alpha value is -2.23. The van der Waals surface area contributed by atoms with E-state index in [-0.39, 0.29) is 0 Å². The number of nitriles is 1. The molecule has 2 aromatic rings. The molecule has 6 nitrogen and oxygen atoms in total. The number of aliphatic hydroxyl groups is 1. The molecule has 0 unspecified atom stereocenters. The van der Waals surface area contributed by atoms with Crippen LogP contribution in [0.1, 0.15) is 31.2 Å². The van der Waals surface area contributed by atoms with E-state index in [0.717, 1.165) is 30.4 Å². The highest BCUT2D eigenvalue weighted by Gasteiger charge is 2.19. The maximum Gasteiger partial charge on any atom is 0.181 e. The van der Waals surface area contributed by atoms with E-state index < -0.39 is 6.10 Å². The molecule has 1 atom stereocenters. The molecule has 0 spiro atoms. The highest BCUT2D eigenvalue weighted by Crippen LogP contribution is 2.18. The van der Waals surface area contributed by atoms with Crippen molar-refractivity contribution in [2.24, 2.45) is 5.92 Å². The zero-order chi connectivity index (χ0) is 17.8. The molecule has 1 aromatic heterocycles. The van der Waals surface area contributed by atoms with E-state index in [1.165, 1.54) is 12.8 Å². The van der Waals surface area contributed by atoms with Gasteiger partial charge in [0, 0.05) is 12.1 Å². The van der Waals surface area contributed by atoms with Gasteiger partial charge in [-0.1, -0.05) is 19.1 Å². The van der Waals surface area contributed by atoms with Gasteiger partial charge in [-0.15, -0.1) is 0 Å². The highest BCUT2D eigenvalue weighted by atomic mass is 16.3. The first kappa shape index (κ1) is 17.6.